The quantitative estimate of drug-likeness (QED) is 0.230. The zero-order valence-electron chi connectivity index (χ0n) is 22.0. The molecule has 41 heavy (non-hydrogen) atoms. The van der Waals surface area contributed by atoms with Gasteiger partial charge in [-0.15, -0.1) is 0 Å². The number of nitrogens with zero attached hydrogens (tertiary/aromatic N) is 3. The maximum absolute atomic E-state index is 6.45. The second kappa shape index (κ2) is 9.54. The number of benzene rings is 5. The predicted molar refractivity (Wildman–Crippen MR) is 166 cm³/mol. The first-order valence-electron chi connectivity index (χ1n) is 13.6. The van der Waals surface area contributed by atoms with E-state index < -0.39 is 0 Å². The predicted octanol–water partition coefficient (Wildman–Crippen LogP) is 9.59. The molecule has 0 radical (unpaired) electrons. The van der Waals surface area contributed by atoms with E-state index in [4.69, 9.17) is 19.4 Å². The molecule has 0 spiro atoms. The largest absolute Gasteiger partial charge is 0.454 e. The molecule has 0 saturated heterocycles. The summed E-state index contributed by atoms with van der Waals surface area (Å²) in [6, 6.07) is 47.2. The standard InChI is InChI=1S/C37H23N3O/c1-3-12-24(13-4-1)31-23-32(25-14-5-2-6-15-25)40-37(39-31)27-17-11-16-26(22-27)35-36-34(28-18-7-9-20-30(28)38-35)29-19-8-10-21-33(29)41-36/h1-23H. The van der Waals surface area contributed by atoms with Crippen LogP contribution in [0.25, 0.3) is 78.0 Å². The molecule has 0 N–H and O–H groups in total. The molecule has 5 aromatic carbocycles. The van der Waals surface area contributed by atoms with Crippen LogP contribution in [0.1, 0.15) is 0 Å². The van der Waals surface area contributed by atoms with Crippen molar-refractivity contribution < 1.29 is 4.42 Å². The Labute approximate surface area is 236 Å². The molecule has 3 aromatic heterocycles. The van der Waals surface area contributed by atoms with Crippen LogP contribution in [0.2, 0.25) is 0 Å². The molecule has 0 atom stereocenters. The average molecular weight is 526 g/mol. The van der Waals surface area contributed by atoms with Crippen molar-refractivity contribution in [1.82, 2.24) is 15.0 Å². The van der Waals surface area contributed by atoms with Crippen molar-refractivity contribution in [2.45, 2.75) is 0 Å². The third-order valence-corrected chi connectivity index (χ3v) is 7.48. The zero-order valence-corrected chi connectivity index (χ0v) is 22.0. The van der Waals surface area contributed by atoms with Crippen LogP contribution < -0.4 is 0 Å². The fourth-order valence-corrected chi connectivity index (χ4v) is 5.52. The molecule has 8 rings (SSSR count). The van der Waals surface area contributed by atoms with Crippen LogP contribution in [0.4, 0.5) is 0 Å². The number of fused-ring (bicyclic) bond motifs is 5. The Bertz CT molecular complexity index is 2140. The van der Waals surface area contributed by atoms with E-state index in [2.05, 4.69) is 66.7 Å². The van der Waals surface area contributed by atoms with Crippen LogP contribution in [0.3, 0.4) is 0 Å². The minimum atomic E-state index is 0.661. The Morgan fingerprint density at radius 1 is 0.439 bits per heavy atom. The van der Waals surface area contributed by atoms with Crippen molar-refractivity contribution in [3.8, 4) is 45.2 Å². The molecule has 0 unspecified atom stereocenters. The molecule has 8 aromatic rings. The molecule has 0 saturated carbocycles. The van der Waals surface area contributed by atoms with Crippen LogP contribution >= 0.6 is 0 Å². The van der Waals surface area contributed by atoms with E-state index >= 15 is 0 Å². The summed E-state index contributed by atoms with van der Waals surface area (Å²) in [5, 5.41) is 3.25. The first kappa shape index (κ1) is 23.3. The molecular weight excluding hydrogens is 502 g/mol. The molecule has 0 bridgehead atoms. The highest BCUT2D eigenvalue weighted by atomic mass is 16.3. The number of aromatic nitrogens is 3. The summed E-state index contributed by atoms with van der Waals surface area (Å²) in [7, 11) is 0. The fourth-order valence-electron chi connectivity index (χ4n) is 5.52. The van der Waals surface area contributed by atoms with Crippen molar-refractivity contribution in [1.29, 1.82) is 0 Å². The number of para-hydroxylation sites is 2. The van der Waals surface area contributed by atoms with Gasteiger partial charge < -0.3 is 4.42 Å². The summed E-state index contributed by atoms with van der Waals surface area (Å²) >= 11 is 0. The first-order chi connectivity index (χ1) is 20.3. The lowest BCUT2D eigenvalue weighted by Gasteiger charge is -2.11. The summed E-state index contributed by atoms with van der Waals surface area (Å²) < 4.78 is 6.45. The number of pyridine rings is 1. The second-order valence-corrected chi connectivity index (χ2v) is 10.1. The topological polar surface area (TPSA) is 51.8 Å². The maximum Gasteiger partial charge on any atom is 0.162 e. The monoisotopic (exact) mass is 525 g/mol. The Balaban J connectivity index is 1.35. The van der Waals surface area contributed by atoms with Gasteiger partial charge in [-0.2, -0.15) is 0 Å². The van der Waals surface area contributed by atoms with Gasteiger partial charge in [0.05, 0.1) is 16.9 Å². The van der Waals surface area contributed by atoms with Gasteiger partial charge in [-0.3, -0.25) is 0 Å². The van der Waals surface area contributed by atoms with Gasteiger partial charge in [0.2, 0.25) is 0 Å². The van der Waals surface area contributed by atoms with Crippen LogP contribution in [0.15, 0.2) is 144 Å². The first-order valence-corrected chi connectivity index (χ1v) is 13.6. The van der Waals surface area contributed by atoms with E-state index in [9.17, 15) is 0 Å². The van der Waals surface area contributed by atoms with Crippen LogP contribution in [0.5, 0.6) is 0 Å². The number of furan rings is 1. The normalized spacial score (nSPS) is 11.4. The van der Waals surface area contributed by atoms with Gasteiger partial charge in [-0.25, -0.2) is 15.0 Å². The van der Waals surface area contributed by atoms with Gasteiger partial charge in [-0.05, 0) is 24.3 Å². The number of hydrogen-bond acceptors (Lipinski definition) is 4. The summed E-state index contributed by atoms with van der Waals surface area (Å²) in [4.78, 5) is 15.2. The van der Waals surface area contributed by atoms with E-state index in [1.165, 1.54) is 0 Å². The lowest BCUT2D eigenvalue weighted by molar-refractivity contribution is 0.669. The zero-order chi connectivity index (χ0) is 27.2. The van der Waals surface area contributed by atoms with Crippen LogP contribution in [0, 0.1) is 0 Å². The van der Waals surface area contributed by atoms with Crippen LogP contribution in [-0.2, 0) is 0 Å². The van der Waals surface area contributed by atoms with Gasteiger partial charge in [0, 0.05) is 38.4 Å². The van der Waals surface area contributed by atoms with Crippen molar-refractivity contribution in [2.75, 3.05) is 0 Å². The third kappa shape index (κ3) is 4.05. The average Bonchev–Trinajstić information content (AvgIpc) is 3.45. The molecule has 0 aliphatic carbocycles. The Kier molecular flexibility index (Phi) is 5.42. The van der Waals surface area contributed by atoms with Gasteiger partial charge >= 0.3 is 0 Å². The molecule has 0 aliphatic rings. The van der Waals surface area contributed by atoms with E-state index in [-0.39, 0.29) is 0 Å². The fraction of sp³-hybridized carbons (Fsp3) is 0. The van der Waals surface area contributed by atoms with Gasteiger partial charge in [0.15, 0.2) is 11.4 Å². The Hall–Kier alpha value is -5.61. The van der Waals surface area contributed by atoms with E-state index in [0.717, 1.165) is 72.2 Å². The van der Waals surface area contributed by atoms with E-state index in [0.29, 0.717) is 5.82 Å². The molecule has 192 valence electrons. The van der Waals surface area contributed by atoms with Gasteiger partial charge in [0.1, 0.15) is 11.3 Å². The van der Waals surface area contributed by atoms with Crippen molar-refractivity contribution in [2.24, 2.45) is 0 Å². The second-order valence-electron chi connectivity index (χ2n) is 10.1. The summed E-state index contributed by atoms with van der Waals surface area (Å²) in [5.41, 5.74) is 9.08. The molecule has 4 nitrogen and oxygen atoms in total. The van der Waals surface area contributed by atoms with Crippen molar-refractivity contribution in [3.63, 3.8) is 0 Å². The highest BCUT2D eigenvalue weighted by Gasteiger charge is 2.18. The van der Waals surface area contributed by atoms with E-state index in [1.54, 1.807) is 0 Å². The SMILES string of the molecule is c1ccc(-c2cc(-c3ccccc3)nc(-c3cccc(-c4nc5ccccc5c5c4oc4ccccc45)c3)n2)cc1. The Morgan fingerprint density at radius 3 is 1.76 bits per heavy atom. The number of hydrogen-bond donors (Lipinski definition) is 0. The van der Waals surface area contributed by atoms with Gasteiger partial charge in [-0.1, -0.05) is 115 Å². The highest BCUT2D eigenvalue weighted by molar-refractivity contribution is 6.20. The van der Waals surface area contributed by atoms with Crippen LogP contribution in [-0.4, -0.2) is 15.0 Å². The molecule has 0 fully saturated rings. The molecule has 0 amide bonds. The molecule has 0 aliphatic heterocycles. The Morgan fingerprint density at radius 2 is 1.02 bits per heavy atom. The third-order valence-electron chi connectivity index (χ3n) is 7.48. The van der Waals surface area contributed by atoms with Crippen molar-refractivity contribution in [3.05, 3.63) is 140 Å². The summed E-state index contributed by atoms with van der Waals surface area (Å²) in [5.74, 6) is 0.661. The summed E-state index contributed by atoms with van der Waals surface area (Å²) in [6.07, 6.45) is 0. The minimum Gasteiger partial charge on any atom is -0.454 e. The van der Waals surface area contributed by atoms with Crippen molar-refractivity contribution >= 4 is 32.8 Å². The highest BCUT2D eigenvalue weighted by Crippen LogP contribution is 2.39. The molecular formula is C37H23N3O. The van der Waals surface area contributed by atoms with Gasteiger partial charge in [0.25, 0.3) is 0 Å². The maximum atomic E-state index is 6.45. The lowest BCUT2D eigenvalue weighted by Crippen LogP contribution is -1.96. The minimum absolute atomic E-state index is 0.661. The van der Waals surface area contributed by atoms with E-state index in [1.807, 2.05) is 72.8 Å². The molecule has 4 heteroatoms. The number of rotatable bonds is 4. The lowest BCUT2D eigenvalue weighted by atomic mass is 10.0. The summed E-state index contributed by atoms with van der Waals surface area (Å²) in [6.45, 7) is 0. The smallest absolute Gasteiger partial charge is 0.162 e. The molecule has 3 heterocycles.